The molecule has 0 spiro atoms. The van der Waals surface area contributed by atoms with Gasteiger partial charge in [0.1, 0.15) is 5.65 Å². The van der Waals surface area contributed by atoms with Crippen molar-refractivity contribution in [2.75, 3.05) is 6.61 Å². The Bertz CT molecular complexity index is 1080. The molecule has 0 radical (unpaired) electrons. The van der Waals surface area contributed by atoms with Gasteiger partial charge in [-0.05, 0) is 38.8 Å². The SMILES string of the molecule is Cc1ccc(-n2nc(C)c3c(C(F)(F)F)cc(=O)n(CC4CCCO4)c32)cc1. The Morgan fingerprint density at radius 2 is 1.93 bits per heavy atom. The number of benzene rings is 1. The molecule has 4 rings (SSSR count). The molecule has 1 atom stereocenters. The number of nitrogens with zero attached hydrogens (tertiary/aromatic N) is 3. The minimum Gasteiger partial charge on any atom is -0.376 e. The van der Waals surface area contributed by atoms with Crippen molar-refractivity contribution in [3.63, 3.8) is 0 Å². The number of alkyl halides is 3. The van der Waals surface area contributed by atoms with Crippen LogP contribution >= 0.6 is 0 Å². The van der Waals surface area contributed by atoms with E-state index in [1.807, 2.05) is 19.1 Å². The second-order valence-corrected chi connectivity index (χ2v) is 7.17. The van der Waals surface area contributed by atoms with Crippen LogP contribution in [0.4, 0.5) is 13.2 Å². The number of halogens is 3. The first-order valence-electron chi connectivity index (χ1n) is 9.14. The Labute approximate surface area is 159 Å². The summed E-state index contributed by atoms with van der Waals surface area (Å²) in [6.07, 6.45) is -3.20. The van der Waals surface area contributed by atoms with Crippen molar-refractivity contribution in [1.82, 2.24) is 14.3 Å². The quantitative estimate of drug-likeness (QED) is 0.678. The molecule has 3 heterocycles. The van der Waals surface area contributed by atoms with Gasteiger partial charge in [0, 0.05) is 12.7 Å². The minimum absolute atomic E-state index is 0.0503. The highest BCUT2D eigenvalue weighted by Crippen LogP contribution is 2.36. The molecule has 3 aromatic rings. The van der Waals surface area contributed by atoms with E-state index in [1.54, 1.807) is 12.1 Å². The highest BCUT2D eigenvalue weighted by atomic mass is 19.4. The third-order valence-corrected chi connectivity index (χ3v) is 5.09. The van der Waals surface area contributed by atoms with Crippen LogP contribution in [0.25, 0.3) is 16.7 Å². The molecular formula is C20H20F3N3O2. The number of hydrogen-bond donors (Lipinski definition) is 0. The summed E-state index contributed by atoms with van der Waals surface area (Å²) < 4.78 is 49.4. The van der Waals surface area contributed by atoms with Crippen LogP contribution in [0.3, 0.4) is 0 Å². The summed E-state index contributed by atoms with van der Waals surface area (Å²) in [5.74, 6) is 0. The number of rotatable bonds is 3. The molecule has 1 unspecified atom stereocenters. The summed E-state index contributed by atoms with van der Waals surface area (Å²) in [6.45, 7) is 4.25. The van der Waals surface area contributed by atoms with Crippen molar-refractivity contribution in [3.8, 4) is 5.69 Å². The zero-order valence-electron chi connectivity index (χ0n) is 15.6. The first-order valence-corrected chi connectivity index (χ1v) is 9.14. The van der Waals surface area contributed by atoms with E-state index >= 15 is 0 Å². The zero-order valence-corrected chi connectivity index (χ0v) is 15.6. The molecule has 8 heteroatoms. The third kappa shape index (κ3) is 3.22. The van der Waals surface area contributed by atoms with E-state index < -0.39 is 17.3 Å². The molecule has 0 aliphatic carbocycles. The number of fused-ring (bicyclic) bond motifs is 1. The molecule has 1 aromatic carbocycles. The van der Waals surface area contributed by atoms with Crippen LogP contribution in [0.15, 0.2) is 35.1 Å². The van der Waals surface area contributed by atoms with Crippen LogP contribution in [-0.4, -0.2) is 27.1 Å². The van der Waals surface area contributed by atoms with Gasteiger partial charge in [0.15, 0.2) is 0 Å². The Morgan fingerprint density at radius 3 is 2.54 bits per heavy atom. The molecule has 1 aliphatic heterocycles. The lowest BCUT2D eigenvalue weighted by atomic mass is 10.1. The lowest BCUT2D eigenvalue weighted by Gasteiger charge is -2.17. The highest BCUT2D eigenvalue weighted by molar-refractivity contribution is 5.84. The van der Waals surface area contributed by atoms with Crippen LogP contribution in [0, 0.1) is 13.8 Å². The van der Waals surface area contributed by atoms with E-state index in [-0.39, 0.29) is 29.4 Å². The molecule has 0 N–H and O–H groups in total. The smallest absolute Gasteiger partial charge is 0.376 e. The van der Waals surface area contributed by atoms with E-state index in [9.17, 15) is 18.0 Å². The molecular weight excluding hydrogens is 371 g/mol. The van der Waals surface area contributed by atoms with Gasteiger partial charge >= 0.3 is 6.18 Å². The lowest BCUT2D eigenvalue weighted by Crippen LogP contribution is -2.29. The summed E-state index contributed by atoms with van der Waals surface area (Å²) in [5.41, 5.74) is 0.337. The monoisotopic (exact) mass is 391 g/mol. The zero-order chi connectivity index (χ0) is 20.1. The Kier molecular flexibility index (Phi) is 4.53. The predicted molar refractivity (Wildman–Crippen MR) is 98.8 cm³/mol. The first kappa shape index (κ1) is 18.7. The van der Waals surface area contributed by atoms with Crippen LogP contribution in [0.2, 0.25) is 0 Å². The largest absolute Gasteiger partial charge is 0.417 e. The average molecular weight is 391 g/mol. The maximum absolute atomic E-state index is 13.7. The van der Waals surface area contributed by atoms with Crippen LogP contribution in [0.1, 0.15) is 29.7 Å². The molecule has 1 fully saturated rings. The van der Waals surface area contributed by atoms with Gasteiger partial charge in [-0.3, -0.25) is 9.36 Å². The van der Waals surface area contributed by atoms with Crippen molar-refractivity contribution >= 4 is 11.0 Å². The van der Waals surface area contributed by atoms with E-state index in [0.717, 1.165) is 18.4 Å². The van der Waals surface area contributed by atoms with E-state index in [4.69, 9.17) is 4.74 Å². The molecule has 148 valence electrons. The molecule has 0 saturated carbocycles. The van der Waals surface area contributed by atoms with Crippen molar-refractivity contribution in [2.24, 2.45) is 0 Å². The van der Waals surface area contributed by atoms with E-state index in [1.165, 1.54) is 16.2 Å². The summed E-state index contributed by atoms with van der Waals surface area (Å²) in [7, 11) is 0. The van der Waals surface area contributed by atoms with Crippen LogP contribution < -0.4 is 5.56 Å². The van der Waals surface area contributed by atoms with E-state index in [0.29, 0.717) is 18.4 Å². The summed E-state index contributed by atoms with van der Waals surface area (Å²) in [6, 6.07) is 7.94. The molecule has 1 aliphatic rings. The van der Waals surface area contributed by atoms with Gasteiger partial charge in [-0.2, -0.15) is 18.3 Å². The van der Waals surface area contributed by atoms with Gasteiger partial charge in [0.05, 0.1) is 35.0 Å². The Hall–Kier alpha value is -2.61. The Balaban J connectivity index is 2.03. The van der Waals surface area contributed by atoms with Crippen LogP contribution in [-0.2, 0) is 17.5 Å². The third-order valence-electron chi connectivity index (χ3n) is 5.09. The van der Waals surface area contributed by atoms with Crippen molar-refractivity contribution in [2.45, 2.75) is 45.5 Å². The van der Waals surface area contributed by atoms with Crippen molar-refractivity contribution in [3.05, 3.63) is 57.5 Å². The lowest BCUT2D eigenvalue weighted by molar-refractivity contribution is -0.136. The van der Waals surface area contributed by atoms with Crippen molar-refractivity contribution in [1.29, 1.82) is 0 Å². The minimum atomic E-state index is -4.65. The second-order valence-electron chi connectivity index (χ2n) is 7.17. The maximum Gasteiger partial charge on any atom is 0.417 e. The summed E-state index contributed by atoms with van der Waals surface area (Å²) >= 11 is 0. The first-order chi connectivity index (χ1) is 13.3. The summed E-state index contributed by atoms with van der Waals surface area (Å²) in [5, 5.41) is 4.31. The number of aryl methyl sites for hydroxylation is 2. The topological polar surface area (TPSA) is 49.0 Å². The van der Waals surface area contributed by atoms with Crippen molar-refractivity contribution < 1.29 is 17.9 Å². The predicted octanol–water partition coefficient (Wildman–Crippen LogP) is 4.00. The van der Waals surface area contributed by atoms with Gasteiger partial charge in [-0.15, -0.1) is 0 Å². The average Bonchev–Trinajstić information content (AvgIpc) is 3.25. The summed E-state index contributed by atoms with van der Waals surface area (Å²) in [4.78, 5) is 12.7. The fourth-order valence-electron chi connectivity index (χ4n) is 3.72. The molecule has 2 aromatic heterocycles. The van der Waals surface area contributed by atoms with E-state index in [2.05, 4.69) is 5.10 Å². The molecule has 5 nitrogen and oxygen atoms in total. The molecule has 28 heavy (non-hydrogen) atoms. The van der Waals surface area contributed by atoms with Gasteiger partial charge in [-0.25, -0.2) is 4.68 Å². The number of aromatic nitrogens is 3. The highest BCUT2D eigenvalue weighted by Gasteiger charge is 2.36. The van der Waals surface area contributed by atoms with Gasteiger partial charge in [0.25, 0.3) is 5.56 Å². The molecule has 1 saturated heterocycles. The number of ether oxygens (including phenoxy) is 1. The number of pyridine rings is 1. The van der Waals surface area contributed by atoms with Gasteiger partial charge in [0.2, 0.25) is 0 Å². The van der Waals surface area contributed by atoms with Gasteiger partial charge in [-0.1, -0.05) is 17.7 Å². The normalized spacial score (nSPS) is 17.5. The standard InChI is InChI=1S/C20H20F3N3O2/c1-12-5-7-14(8-6-12)26-19-18(13(2)24-26)16(20(21,22)23)10-17(27)25(19)11-15-4-3-9-28-15/h5-8,10,15H,3-4,9,11H2,1-2H3. The Morgan fingerprint density at radius 1 is 1.21 bits per heavy atom. The molecule has 0 amide bonds. The van der Waals surface area contributed by atoms with Crippen LogP contribution in [0.5, 0.6) is 0 Å². The fraction of sp³-hybridized carbons (Fsp3) is 0.400. The fourth-order valence-corrected chi connectivity index (χ4v) is 3.72. The second kappa shape index (κ2) is 6.77. The maximum atomic E-state index is 13.7. The van der Waals surface area contributed by atoms with Gasteiger partial charge < -0.3 is 4.74 Å². The molecule has 0 bridgehead atoms. The number of hydrogen-bond acceptors (Lipinski definition) is 3.